The van der Waals surface area contributed by atoms with E-state index in [4.69, 9.17) is 21.1 Å². The molecule has 2 aromatic rings. The molecule has 0 saturated heterocycles. The second-order valence-electron chi connectivity index (χ2n) is 4.32. The van der Waals surface area contributed by atoms with Gasteiger partial charge in [0.2, 0.25) is 0 Å². The summed E-state index contributed by atoms with van der Waals surface area (Å²) < 4.78 is 10.3. The summed E-state index contributed by atoms with van der Waals surface area (Å²) in [6.07, 6.45) is 3.26. The first-order valence-corrected chi connectivity index (χ1v) is 6.72. The van der Waals surface area contributed by atoms with Gasteiger partial charge in [-0.3, -0.25) is 4.79 Å². The lowest BCUT2D eigenvalue weighted by atomic mass is 10.1. The summed E-state index contributed by atoms with van der Waals surface area (Å²) in [6.45, 7) is 0. The highest BCUT2D eigenvalue weighted by Crippen LogP contribution is 2.27. The van der Waals surface area contributed by atoms with Gasteiger partial charge in [0, 0.05) is 10.6 Å². The summed E-state index contributed by atoms with van der Waals surface area (Å²) in [7, 11) is 3.09. The second-order valence-corrected chi connectivity index (χ2v) is 4.76. The van der Waals surface area contributed by atoms with Gasteiger partial charge in [-0.1, -0.05) is 29.8 Å². The third-order valence-corrected chi connectivity index (χ3v) is 3.22. The maximum Gasteiger partial charge on any atom is 0.185 e. The molecule has 2 aromatic carbocycles. The number of hydrogen-bond donors (Lipinski definition) is 0. The first kappa shape index (κ1) is 15.1. The number of rotatable bonds is 5. The Bertz CT molecular complexity index is 660. The van der Waals surface area contributed by atoms with Crippen molar-refractivity contribution in [1.29, 1.82) is 0 Å². The Morgan fingerprint density at radius 1 is 1.00 bits per heavy atom. The Morgan fingerprint density at radius 3 is 2.29 bits per heavy atom. The smallest absolute Gasteiger partial charge is 0.185 e. The Balaban J connectivity index is 2.18. The standard InChI is InChI=1S/C17H15ClO3/c1-20-16-10-6-13(11-17(16)21-2)15(19)9-5-12-3-7-14(18)8-4-12/h3-11H,1-2H3/b9-5-. The highest BCUT2D eigenvalue weighted by molar-refractivity contribution is 6.30. The van der Waals surface area contributed by atoms with Crippen molar-refractivity contribution in [3.05, 3.63) is 64.7 Å². The van der Waals surface area contributed by atoms with Crippen LogP contribution in [0.25, 0.3) is 6.08 Å². The fourth-order valence-electron chi connectivity index (χ4n) is 1.83. The number of allylic oxidation sites excluding steroid dienone is 1. The Labute approximate surface area is 128 Å². The fraction of sp³-hybridized carbons (Fsp3) is 0.118. The number of carbonyl (C=O) groups excluding carboxylic acids is 1. The summed E-state index contributed by atoms with van der Waals surface area (Å²) in [4.78, 5) is 12.1. The van der Waals surface area contributed by atoms with Crippen LogP contribution in [0.4, 0.5) is 0 Å². The SMILES string of the molecule is COc1ccc(C(=O)/C=C\c2ccc(Cl)cc2)cc1OC. The largest absolute Gasteiger partial charge is 0.493 e. The van der Waals surface area contributed by atoms with Crippen LogP contribution in [0.3, 0.4) is 0 Å². The van der Waals surface area contributed by atoms with Crippen molar-refractivity contribution in [2.75, 3.05) is 14.2 Å². The molecule has 0 atom stereocenters. The molecule has 0 unspecified atom stereocenters. The normalized spacial score (nSPS) is 10.6. The van der Waals surface area contributed by atoms with Crippen molar-refractivity contribution in [2.45, 2.75) is 0 Å². The molecule has 0 bridgehead atoms. The minimum atomic E-state index is -0.106. The Hall–Kier alpha value is -2.26. The van der Waals surface area contributed by atoms with Crippen LogP contribution in [0.2, 0.25) is 5.02 Å². The maximum absolute atomic E-state index is 12.1. The van der Waals surface area contributed by atoms with Gasteiger partial charge in [-0.2, -0.15) is 0 Å². The molecule has 0 saturated carbocycles. The zero-order chi connectivity index (χ0) is 15.2. The molecule has 2 rings (SSSR count). The zero-order valence-electron chi connectivity index (χ0n) is 11.8. The fourth-order valence-corrected chi connectivity index (χ4v) is 1.96. The molecular weight excluding hydrogens is 288 g/mol. The highest BCUT2D eigenvalue weighted by Gasteiger charge is 2.08. The van der Waals surface area contributed by atoms with Crippen LogP contribution >= 0.6 is 11.6 Å². The van der Waals surface area contributed by atoms with Gasteiger partial charge in [0.15, 0.2) is 17.3 Å². The lowest BCUT2D eigenvalue weighted by molar-refractivity contribution is 0.104. The first-order chi connectivity index (χ1) is 10.1. The van der Waals surface area contributed by atoms with Gasteiger partial charge in [0.05, 0.1) is 14.2 Å². The van der Waals surface area contributed by atoms with Crippen LogP contribution in [-0.4, -0.2) is 20.0 Å². The average molecular weight is 303 g/mol. The van der Waals surface area contributed by atoms with E-state index >= 15 is 0 Å². The number of ketones is 1. The number of methoxy groups -OCH3 is 2. The third kappa shape index (κ3) is 3.86. The monoisotopic (exact) mass is 302 g/mol. The minimum absolute atomic E-state index is 0.106. The molecule has 0 radical (unpaired) electrons. The van der Waals surface area contributed by atoms with Crippen LogP contribution < -0.4 is 9.47 Å². The van der Waals surface area contributed by atoms with E-state index in [9.17, 15) is 4.79 Å². The Morgan fingerprint density at radius 2 is 1.67 bits per heavy atom. The molecule has 3 nitrogen and oxygen atoms in total. The summed E-state index contributed by atoms with van der Waals surface area (Å²) in [5, 5.41) is 0.665. The topological polar surface area (TPSA) is 35.5 Å². The van der Waals surface area contributed by atoms with Gasteiger partial charge in [-0.25, -0.2) is 0 Å². The summed E-state index contributed by atoms with van der Waals surface area (Å²) in [5.41, 5.74) is 1.45. The predicted octanol–water partition coefficient (Wildman–Crippen LogP) is 4.25. The average Bonchev–Trinajstić information content (AvgIpc) is 2.53. The summed E-state index contributed by atoms with van der Waals surface area (Å²) in [6, 6.07) is 12.3. The molecule has 0 fully saturated rings. The zero-order valence-corrected chi connectivity index (χ0v) is 12.6. The molecule has 0 amide bonds. The van der Waals surface area contributed by atoms with Crippen molar-refractivity contribution in [1.82, 2.24) is 0 Å². The number of carbonyl (C=O) groups is 1. The molecule has 0 heterocycles. The van der Waals surface area contributed by atoms with Crippen molar-refractivity contribution in [2.24, 2.45) is 0 Å². The van der Waals surface area contributed by atoms with Crippen LogP contribution in [0.15, 0.2) is 48.5 Å². The molecule has 0 aromatic heterocycles. The molecule has 4 heteroatoms. The number of halogens is 1. The van der Waals surface area contributed by atoms with Crippen LogP contribution in [0.1, 0.15) is 15.9 Å². The van der Waals surface area contributed by atoms with Gasteiger partial charge in [-0.05, 0) is 42.0 Å². The lowest BCUT2D eigenvalue weighted by Crippen LogP contribution is -1.97. The van der Waals surface area contributed by atoms with E-state index in [-0.39, 0.29) is 5.78 Å². The van der Waals surface area contributed by atoms with E-state index in [0.717, 1.165) is 5.56 Å². The van der Waals surface area contributed by atoms with Crippen LogP contribution in [0, 0.1) is 0 Å². The lowest BCUT2D eigenvalue weighted by Gasteiger charge is -2.07. The molecule has 0 spiro atoms. The minimum Gasteiger partial charge on any atom is -0.493 e. The highest BCUT2D eigenvalue weighted by atomic mass is 35.5. The van der Waals surface area contributed by atoms with Crippen molar-refractivity contribution >= 4 is 23.5 Å². The molecule has 0 aliphatic carbocycles. The predicted molar refractivity (Wildman–Crippen MR) is 84.4 cm³/mol. The number of benzene rings is 2. The quantitative estimate of drug-likeness (QED) is 0.612. The number of hydrogen-bond acceptors (Lipinski definition) is 3. The first-order valence-electron chi connectivity index (χ1n) is 6.34. The maximum atomic E-state index is 12.1. The molecule has 108 valence electrons. The van der Waals surface area contributed by atoms with E-state index in [2.05, 4.69) is 0 Å². The van der Waals surface area contributed by atoms with E-state index < -0.39 is 0 Å². The Kier molecular flexibility index (Phi) is 5.01. The summed E-state index contributed by atoms with van der Waals surface area (Å²) >= 11 is 5.82. The number of ether oxygens (including phenoxy) is 2. The van der Waals surface area contributed by atoms with E-state index in [1.165, 1.54) is 13.2 Å². The molecular formula is C17H15ClO3. The third-order valence-electron chi connectivity index (χ3n) is 2.97. The molecule has 0 aliphatic heterocycles. The van der Waals surface area contributed by atoms with Crippen LogP contribution in [0.5, 0.6) is 11.5 Å². The van der Waals surface area contributed by atoms with Gasteiger partial charge >= 0.3 is 0 Å². The molecule has 21 heavy (non-hydrogen) atoms. The van der Waals surface area contributed by atoms with Gasteiger partial charge in [0.1, 0.15) is 0 Å². The molecule has 0 aliphatic rings. The van der Waals surface area contributed by atoms with E-state index in [1.807, 2.05) is 12.1 Å². The van der Waals surface area contributed by atoms with Crippen molar-refractivity contribution in [3.8, 4) is 11.5 Å². The van der Waals surface area contributed by atoms with Gasteiger partial charge in [-0.15, -0.1) is 0 Å². The summed E-state index contributed by atoms with van der Waals surface area (Å²) in [5.74, 6) is 1.02. The second kappa shape index (κ2) is 6.95. The molecule has 0 N–H and O–H groups in total. The van der Waals surface area contributed by atoms with E-state index in [1.54, 1.807) is 43.5 Å². The van der Waals surface area contributed by atoms with Gasteiger partial charge < -0.3 is 9.47 Å². The van der Waals surface area contributed by atoms with Crippen LogP contribution in [-0.2, 0) is 0 Å². The van der Waals surface area contributed by atoms with Gasteiger partial charge in [0.25, 0.3) is 0 Å². The van der Waals surface area contributed by atoms with Crippen molar-refractivity contribution in [3.63, 3.8) is 0 Å². The van der Waals surface area contributed by atoms with Crippen molar-refractivity contribution < 1.29 is 14.3 Å². The van der Waals surface area contributed by atoms with E-state index in [0.29, 0.717) is 22.1 Å².